The average molecular weight is 281 g/mol. The van der Waals surface area contributed by atoms with E-state index in [0.29, 0.717) is 18.4 Å². The van der Waals surface area contributed by atoms with Crippen LogP contribution in [-0.2, 0) is 4.79 Å². The van der Waals surface area contributed by atoms with Gasteiger partial charge in [-0.15, -0.1) is 0 Å². The molecule has 1 aliphatic carbocycles. The van der Waals surface area contributed by atoms with Crippen molar-refractivity contribution >= 4 is 11.6 Å². The van der Waals surface area contributed by atoms with Crippen molar-refractivity contribution in [2.24, 2.45) is 5.41 Å². The van der Waals surface area contributed by atoms with Gasteiger partial charge in [0, 0.05) is 12.7 Å². The maximum atomic E-state index is 12.8. The van der Waals surface area contributed by atoms with Gasteiger partial charge in [-0.25, -0.2) is 0 Å². The van der Waals surface area contributed by atoms with Crippen molar-refractivity contribution in [1.82, 2.24) is 0 Å². The number of nitrogens with zero attached hydrogens (tertiary/aromatic N) is 3. The Labute approximate surface area is 125 Å². The molecule has 0 heterocycles. The molecule has 0 aliphatic heterocycles. The van der Waals surface area contributed by atoms with Crippen molar-refractivity contribution in [3.8, 4) is 12.1 Å². The van der Waals surface area contributed by atoms with Gasteiger partial charge in [0.1, 0.15) is 5.41 Å². The summed E-state index contributed by atoms with van der Waals surface area (Å²) in [5.41, 5.74) is 0.390. The summed E-state index contributed by atoms with van der Waals surface area (Å²) in [5, 5.41) is 18.4. The van der Waals surface area contributed by atoms with Crippen LogP contribution in [0, 0.1) is 28.1 Å². The predicted molar refractivity (Wildman–Crippen MR) is 80.3 cm³/mol. The molecule has 1 amide bonds. The lowest BCUT2D eigenvalue weighted by atomic mass is 9.80. The zero-order chi connectivity index (χ0) is 15.3. The van der Waals surface area contributed by atoms with E-state index in [9.17, 15) is 10.1 Å². The summed E-state index contributed by atoms with van der Waals surface area (Å²) in [7, 11) is 1.70. The lowest BCUT2D eigenvalue weighted by Gasteiger charge is -2.29. The highest BCUT2D eigenvalue weighted by atomic mass is 16.2. The number of hydrogen-bond donors (Lipinski definition) is 0. The summed E-state index contributed by atoms with van der Waals surface area (Å²) in [4.78, 5) is 14.3. The fourth-order valence-electron chi connectivity index (χ4n) is 2.90. The van der Waals surface area contributed by atoms with Crippen LogP contribution in [-0.4, -0.2) is 13.0 Å². The Hall–Kier alpha value is -2.33. The molecule has 0 bridgehead atoms. The van der Waals surface area contributed by atoms with Gasteiger partial charge < -0.3 is 4.90 Å². The zero-order valence-corrected chi connectivity index (χ0v) is 12.3. The quantitative estimate of drug-likeness (QED) is 0.780. The van der Waals surface area contributed by atoms with Crippen LogP contribution < -0.4 is 4.90 Å². The number of hydrogen-bond acceptors (Lipinski definition) is 3. The molecule has 0 unspecified atom stereocenters. The van der Waals surface area contributed by atoms with Crippen molar-refractivity contribution in [1.29, 1.82) is 10.5 Å². The lowest BCUT2D eigenvalue weighted by molar-refractivity contribution is -0.125. The topological polar surface area (TPSA) is 67.9 Å². The van der Waals surface area contributed by atoms with Crippen LogP contribution in [0.1, 0.15) is 44.1 Å². The molecule has 0 radical (unpaired) electrons. The predicted octanol–water partition coefficient (Wildman–Crippen LogP) is 3.39. The number of rotatable bonds is 2. The normalized spacial score (nSPS) is 17.1. The molecule has 1 aliphatic rings. The van der Waals surface area contributed by atoms with Gasteiger partial charge in [0.25, 0.3) is 0 Å². The first kappa shape index (κ1) is 15.1. The van der Waals surface area contributed by atoms with Crippen LogP contribution in [0.5, 0.6) is 0 Å². The van der Waals surface area contributed by atoms with Crippen LogP contribution in [0.4, 0.5) is 5.69 Å². The van der Waals surface area contributed by atoms with Crippen LogP contribution >= 0.6 is 0 Å². The van der Waals surface area contributed by atoms with E-state index in [1.165, 1.54) is 0 Å². The smallest absolute Gasteiger partial charge is 0.247 e. The molecule has 4 heteroatoms. The molecule has 1 aromatic rings. The second-order valence-corrected chi connectivity index (χ2v) is 5.63. The highest BCUT2D eigenvalue weighted by Gasteiger charge is 2.41. The molecule has 0 spiro atoms. The fraction of sp³-hybridized carbons (Fsp3) is 0.471. The van der Waals surface area contributed by atoms with Crippen LogP contribution in [0.15, 0.2) is 24.3 Å². The highest BCUT2D eigenvalue weighted by molar-refractivity contribution is 5.99. The van der Waals surface area contributed by atoms with Gasteiger partial charge in [-0.3, -0.25) is 4.79 Å². The maximum absolute atomic E-state index is 12.8. The third kappa shape index (κ3) is 3.06. The Morgan fingerprint density at radius 2 is 1.67 bits per heavy atom. The molecule has 0 saturated heterocycles. The molecular formula is C17H19N3O. The van der Waals surface area contributed by atoms with E-state index in [0.717, 1.165) is 31.4 Å². The van der Waals surface area contributed by atoms with Gasteiger partial charge in [-0.2, -0.15) is 10.5 Å². The average Bonchev–Trinajstić information content (AvgIpc) is 2.80. The molecule has 108 valence electrons. The number of amides is 1. The van der Waals surface area contributed by atoms with Gasteiger partial charge in [-0.05, 0) is 37.1 Å². The van der Waals surface area contributed by atoms with Gasteiger partial charge >= 0.3 is 0 Å². The number of carbonyl (C=O) groups is 1. The van der Waals surface area contributed by atoms with Gasteiger partial charge in [0.05, 0.1) is 17.7 Å². The lowest BCUT2D eigenvalue weighted by Crippen LogP contribution is -2.41. The first-order valence-electron chi connectivity index (χ1n) is 7.32. The Bertz CT molecular complexity index is 584. The molecule has 1 aromatic carbocycles. The van der Waals surface area contributed by atoms with Crippen molar-refractivity contribution < 1.29 is 4.79 Å². The van der Waals surface area contributed by atoms with Crippen LogP contribution in [0.25, 0.3) is 0 Å². The van der Waals surface area contributed by atoms with Gasteiger partial charge in [0.15, 0.2) is 0 Å². The minimum atomic E-state index is -0.890. The Morgan fingerprint density at radius 3 is 2.14 bits per heavy atom. The van der Waals surface area contributed by atoms with Crippen molar-refractivity contribution in [2.75, 3.05) is 11.9 Å². The van der Waals surface area contributed by atoms with Gasteiger partial charge in [-0.1, -0.05) is 25.7 Å². The Balaban J connectivity index is 2.24. The maximum Gasteiger partial charge on any atom is 0.247 e. The minimum Gasteiger partial charge on any atom is -0.314 e. The molecule has 1 saturated carbocycles. The zero-order valence-electron chi connectivity index (χ0n) is 12.3. The number of benzene rings is 1. The molecule has 1 fully saturated rings. The number of anilines is 1. The summed E-state index contributed by atoms with van der Waals surface area (Å²) in [6, 6.07) is 11.2. The second-order valence-electron chi connectivity index (χ2n) is 5.63. The first-order valence-corrected chi connectivity index (χ1v) is 7.32. The van der Waals surface area contributed by atoms with Crippen molar-refractivity contribution in [2.45, 2.75) is 38.5 Å². The van der Waals surface area contributed by atoms with Crippen molar-refractivity contribution in [3.05, 3.63) is 29.8 Å². The number of carbonyl (C=O) groups excluding carboxylic acids is 1. The van der Waals surface area contributed by atoms with E-state index in [4.69, 9.17) is 5.26 Å². The summed E-state index contributed by atoms with van der Waals surface area (Å²) >= 11 is 0. The monoisotopic (exact) mass is 281 g/mol. The van der Waals surface area contributed by atoms with E-state index in [-0.39, 0.29) is 5.91 Å². The van der Waals surface area contributed by atoms with E-state index in [1.807, 2.05) is 0 Å². The van der Waals surface area contributed by atoms with E-state index < -0.39 is 5.41 Å². The second kappa shape index (κ2) is 6.41. The standard InChI is InChI=1S/C17H19N3O/c1-20(15-8-6-14(12-18)7-9-15)16(21)17(13-19)10-4-2-3-5-11-17/h6-9H,2-5,10-11H2,1H3. The summed E-state index contributed by atoms with van der Waals surface area (Å²) < 4.78 is 0. The molecule has 0 aromatic heterocycles. The third-order valence-electron chi connectivity index (χ3n) is 4.27. The molecule has 21 heavy (non-hydrogen) atoms. The Kier molecular flexibility index (Phi) is 4.60. The summed E-state index contributed by atoms with van der Waals surface area (Å²) in [6.45, 7) is 0. The largest absolute Gasteiger partial charge is 0.314 e. The third-order valence-corrected chi connectivity index (χ3v) is 4.27. The van der Waals surface area contributed by atoms with Crippen molar-refractivity contribution in [3.63, 3.8) is 0 Å². The summed E-state index contributed by atoms with van der Waals surface area (Å²) in [6.07, 6.45) is 5.33. The molecule has 0 N–H and O–H groups in total. The Morgan fingerprint density at radius 1 is 1.10 bits per heavy atom. The SMILES string of the molecule is CN(C(=O)C1(C#N)CCCCCC1)c1ccc(C#N)cc1. The molecule has 4 nitrogen and oxygen atoms in total. The number of nitriles is 2. The summed E-state index contributed by atoms with van der Waals surface area (Å²) in [5.74, 6) is -0.128. The first-order chi connectivity index (χ1) is 10.1. The van der Waals surface area contributed by atoms with E-state index >= 15 is 0 Å². The fourth-order valence-corrected chi connectivity index (χ4v) is 2.90. The van der Waals surface area contributed by atoms with Crippen LogP contribution in [0.2, 0.25) is 0 Å². The van der Waals surface area contributed by atoms with Gasteiger partial charge in [0.2, 0.25) is 5.91 Å². The minimum absolute atomic E-state index is 0.128. The highest BCUT2D eigenvalue weighted by Crippen LogP contribution is 2.37. The molecular weight excluding hydrogens is 262 g/mol. The van der Waals surface area contributed by atoms with E-state index in [2.05, 4.69) is 12.1 Å². The van der Waals surface area contributed by atoms with Crippen LogP contribution in [0.3, 0.4) is 0 Å². The van der Waals surface area contributed by atoms with E-state index in [1.54, 1.807) is 36.2 Å². The molecule has 0 atom stereocenters. The molecule has 2 rings (SSSR count).